The highest BCUT2D eigenvalue weighted by Crippen LogP contribution is 2.38. The number of carbonyl (C=O) groups excluding carboxylic acids is 4. The summed E-state index contributed by atoms with van der Waals surface area (Å²) in [5.41, 5.74) is 1.70. The second kappa shape index (κ2) is 8.45. The molecule has 2 atom stereocenters. The Labute approximate surface area is 177 Å². The number of nitrogens with one attached hydrogen (secondary N) is 2. The van der Waals surface area contributed by atoms with Crippen LogP contribution in [-0.2, 0) is 14.4 Å². The summed E-state index contributed by atoms with van der Waals surface area (Å²) in [6.45, 7) is 5.23. The molecule has 1 spiro atoms. The monoisotopic (exact) mass is 414 g/mol. The lowest BCUT2D eigenvalue weighted by Gasteiger charge is -2.36. The topological polar surface area (TPSA) is 98.8 Å². The molecule has 30 heavy (non-hydrogen) atoms. The number of likely N-dealkylation sites (N-methyl/N-ethyl adjacent to an activating group) is 1. The molecule has 0 aromatic heterocycles. The summed E-state index contributed by atoms with van der Waals surface area (Å²) in [5, 5.41) is 5.67. The van der Waals surface area contributed by atoms with E-state index >= 15 is 0 Å². The summed E-state index contributed by atoms with van der Waals surface area (Å²) in [6, 6.07) is 5.18. The van der Waals surface area contributed by atoms with Crippen molar-refractivity contribution in [3.63, 3.8) is 0 Å². The molecule has 1 aromatic rings. The van der Waals surface area contributed by atoms with E-state index < -0.39 is 17.5 Å². The SMILES string of the molecule is Cc1cccc(C)c1NC(=O)CN(C)C(=O)CN1C(=O)N[C@@]2(CCCC[C@H]2C)C1=O. The predicted molar refractivity (Wildman–Crippen MR) is 113 cm³/mol. The van der Waals surface area contributed by atoms with Crippen LogP contribution in [0.4, 0.5) is 10.5 Å². The fourth-order valence-corrected chi connectivity index (χ4v) is 4.39. The fourth-order valence-electron chi connectivity index (χ4n) is 4.39. The van der Waals surface area contributed by atoms with E-state index in [4.69, 9.17) is 0 Å². The van der Waals surface area contributed by atoms with Gasteiger partial charge in [-0.1, -0.05) is 38.0 Å². The van der Waals surface area contributed by atoms with Crippen LogP contribution < -0.4 is 10.6 Å². The summed E-state index contributed by atoms with van der Waals surface area (Å²) < 4.78 is 0. The van der Waals surface area contributed by atoms with Gasteiger partial charge in [0.2, 0.25) is 11.8 Å². The highest BCUT2D eigenvalue weighted by molar-refractivity contribution is 6.09. The van der Waals surface area contributed by atoms with Crippen molar-refractivity contribution in [1.29, 1.82) is 0 Å². The molecule has 1 heterocycles. The Bertz CT molecular complexity index is 864. The number of urea groups is 1. The zero-order valence-electron chi connectivity index (χ0n) is 18.1. The molecule has 1 saturated carbocycles. The highest BCUT2D eigenvalue weighted by atomic mass is 16.2. The summed E-state index contributed by atoms with van der Waals surface area (Å²) >= 11 is 0. The van der Waals surface area contributed by atoms with Crippen molar-refractivity contribution < 1.29 is 19.2 Å². The van der Waals surface area contributed by atoms with Crippen molar-refractivity contribution in [2.45, 2.75) is 52.0 Å². The lowest BCUT2D eigenvalue weighted by Crippen LogP contribution is -2.54. The lowest BCUT2D eigenvalue weighted by molar-refractivity contribution is -0.140. The molecule has 2 N–H and O–H groups in total. The van der Waals surface area contributed by atoms with Gasteiger partial charge in [-0.3, -0.25) is 19.3 Å². The molecule has 0 bridgehead atoms. The molecular formula is C22H30N4O4. The van der Waals surface area contributed by atoms with E-state index in [2.05, 4.69) is 10.6 Å². The third-order valence-electron chi connectivity index (χ3n) is 6.35. The van der Waals surface area contributed by atoms with Gasteiger partial charge in [0, 0.05) is 12.7 Å². The first-order chi connectivity index (χ1) is 14.2. The second-order valence-electron chi connectivity index (χ2n) is 8.50. The number of aryl methyl sites for hydroxylation is 2. The van der Waals surface area contributed by atoms with E-state index in [1.54, 1.807) is 0 Å². The van der Waals surface area contributed by atoms with Crippen LogP contribution in [-0.4, -0.2) is 59.2 Å². The minimum absolute atomic E-state index is 0.0312. The molecule has 0 radical (unpaired) electrons. The summed E-state index contributed by atoms with van der Waals surface area (Å²) in [5.74, 6) is -1.10. The minimum Gasteiger partial charge on any atom is -0.335 e. The number of benzene rings is 1. The third kappa shape index (κ3) is 4.04. The lowest BCUT2D eigenvalue weighted by atomic mass is 9.73. The molecule has 2 fully saturated rings. The Morgan fingerprint density at radius 3 is 2.53 bits per heavy atom. The number of hydrogen-bond donors (Lipinski definition) is 2. The van der Waals surface area contributed by atoms with Crippen LogP contribution in [0.25, 0.3) is 0 Å². The minimum atomic E-state index is -0.895. The molecule has 3 rings (SSSR count). The first kappa shape index (κ1) is 21.8. The normalized spacial score (nSPS) is 23.5. The molecule has 1 aliphatic carbocycles. The number of rotatable bonds is 5. The Kier molecular flexibility index (Phi) is 6.14. The number of amides is 5. The average molecular weight is 415 g/mol. The van der Waals surface area contributed by atoms with Gasteiger partial charge in [0.05, 0.1) is 6.54 Å². The number of carbonyl (C=O) groups is 4. The molecule has 1 aromatic carbocycles. The van der Waals surface area contributed by atoms with E-state index in [9.17, 15) is 19.2 Å². The summed E-state index contributed by atoms with van der Waals surface area (Å²) in [6.07, 6.45) is 3.36. The largest absolute Gasteiger partial charge is 0.335 e. The van der Waals surface area contributed by atoms with E-state index in [0.717, 1.165) is 41.0 Å². The Morgan fingerprint density at radius 1 is 1.23 bits per heavy atom. The van der Waals surface area contributed by atoms with Gasteiger partial charge in [0.15, 0.2) is 0 Å². The summed E-state index contributed by atoms with van der Waals surface area (Å²) in [4.78, 5) is 52.7. The second-order valence-corrected chi connectivity index (χ2v) is 8.50. The quantitative estimate of drug-likeness (QED) is 0.722. The predicted octanol–water partition coefficient (Wildman–Crippen LogP) is 2.20. The summed E-state index contributed by atoms with van der Waals surface area (Å²) in [7, 11) is 1.49. The molecular weight excluding hydrogens is 384 g/mol. The molecule has 1 saturated heterocycles. The third-order valence-corrected chi connectivity index (χ3v) is 6.35. The van der Waals surface area contributed by atoms with Gasteiger partial charge in [-0.2, -0.15) is 0 Å². The fraction of sp³-hybridized carbons (Fsp3) is 0.545. The molecule has 5 amide bonds. The van der Waals surface area contributed by atoms with Gasteiger partial charge >= 0.3 is 6.03 Å². The van der Waals surface area contributed by atoms with Gasteiger partial charge in [0.25, 0.3) is 5.91 Å². The zero-order valence-corrected chi connectivity index (χ0v) is 18.1. The van der Waals surface area contributed by atoms with Crippen LogP contribution in [0.3, 0.4) is 0 Å². The van der Waals surface area contributed by atoms with Crippen molar-refractivity contribution in [3.05, 3.63) is 29.3 Å². The number of hydrogen-bond acceptors (Lipinski definition) is 4. The standard InChI is InChI=1S/C22H30N4O4/c1-14-8-7-9-15(2)19(14)23-17(27)12-25(4)18(28)13-26-20(29)22(24-21(26)30)11-6-5-10-16(22)3/h7-9,16H,5-6,10-13H2,1-4H3,(H,23,27)(H,24,30)/t16-,22-/m1/s1. The van der Waals surface area contributed by atoms with Gasteiger partial charge in [-0.15, -0.1) is 0 Å². The van der Waals surface area contributed by atoms with Crippen molar-refractivity contribution in [2.75, 3.05) is 25.5 Å². The Morgan fingerprint density at radius 2 is 1.90 bits per heavy atom. The molecule has 8 heteroatoms. The Hall–Kier alpha value is -2.90. The highest BCUT2D eigenvalue weighted by Gasteiger charge is 2.55. The molecule has 1 aliphatic heterocycles. The van der Waals surface area contributed by atoms with Gasteiger partial charge in [-0.05, 0) is 43.7 Å². The van der Waals surface area contributed by atoms with E-state index in [1.165, 1.54) is 11.9 Å². The van der Waals surface area contributed by atoms with Crippen molar-refractivity contribution >= 4 is 29.4 Å². The van der Waals surface area contributed by atoms with E-state index in [1.807, 2.05) is 39.0 Å². The van der Waals surface area contributed by atoms with Crippen molar-refractivity contribution in [2.24, 2.45) is 5.92 Å². The van der Waals surface area contributed by atoms with Gasteiger partial charge in [0.1, 0.15) is 12.1 Å². The van der Waals surface area contributed by atoms with Crippen LogP contribution in [0.1, 0.15) is 43.7 Å². The maximum absolute atomic E-state index is 13.0. The van der Waals surface area contributed by atoms with Crippen LogP contribution in [0.15, 0.2) is 18.2 Å². The van der Waals surface area contributed by atoms with Crippen LogP contribution in [0.5, 0.6) is 0 Å². The number of imide groups is 1. The number of nitrogens with zero attached hydrogens (tertiary/aromatic N) is 2. The molecule has 162 valence electrons. The van der Waals surface area contributed by atoms with Crippen LogP contribution >= 0.6 is 0 Å². The van der Waals surface area contributed by atoms with E-state index in [-0.39, 0.29) is 30.8 Å². The molecule has 0 unspecified atom stereocenters. The van der Waals surface area contributed by atoms with Crippen LogP contribution in [0.2, 0.25) is 0 Å². The first-order valence-corrected chi connectivity index (χ1v) is 10.4. The van der Waals surface area contributed by atoms with Crippen molar-refractivity contribution in [1.82, 2.24) is 15.1 Å². The molecule has 8 nitrogen and oxygen atoms in total. The van der Waals surface area contributed by atoms with Gasteiger partial charge < -0.3 is 15.5 Å². The number of anilines is 1. The van der Waals surface area contributed by atoms with E-state index in [0.29, 0.717) is 6.42 Å². The Balaban J connectivity index is 1.61. The smallest absolute Gasteiger partial charge is 0.325 e. The first-order valence-electron chi connectivity index (χ1n) is 10.4. The maximum atomic E-state index is 13.0. The average Bonchev–Trinajstić information content (AvgIpc) is 2.92. The number of para-hydroxylation sites is 1. The van der Waals surface area contributed by atoms with Crippen molar-refractivity contribution in [3.8, 4) is 0 Å². The maximum Gasteiger partial charge on any atom is 0.325 e. The zero-order chi connectivity index (χ0) is 22.1. The molecule has 2 aliphatic rings. The van der Waals surface area contributed by atoms with Gasteiger partial charge in [-0.25, -0.2) is 4.79 Å². The van der Waals surface area contributed by atoms with Crippen LogP contribution in [0, 0.1) is 19.8 Å².